The number of nitrogens with zero attached hydrogens (tertiary/aromatic N) is 5. The minimum absolute atomic E-state index is 0.0474. The summed E-state index contributed by atoms with van der Waals surface area (Å²) < 4.78 is 5.66. The molecule has 6 N–H and O–H groups in total. The number of β-lactam (4-membered cyclic amide) rings is 1. The topological polar surface area (TPSA) is 207 Å². The molecular weight excluding hydrogens is 544 g/mol. The van der Waals surface area contributed by atoms with Crippen molar-refractivity contribution in [3.05, 3.63) is 47.2 Å². The lowest BCUT2D eigenvalue weighted by atomic mass is 10.0. The van der Waals surface area contributed by atoms with E-state index in [2.05, 4.69) is 19.8 Å². The van der Waals surface area contributed by atoms with Crippen molar-refractivity contribution in [1.29, 1.82) is 0 Å². The van der Waals surface area contributed by atoms with Crippen molar-refractivity contribution < 1.29 is 33.7 Å². The van der Waals surface area contributed by atoms with E-state index in [0.717, 1.165) is 16.4 Å². The molecule has 1 fully saturated rings. The molecular formula is C20H21N8O6S3+. The van der Waals surface area contributed by atoms with Crippen LogP contribution in [-0.2, 0) is 25.8 Å². The summed E-state index contributed by atoms with van der Waals surface area (Å²) in [7, 11) is 0. The van der Waals surface area contributed by atoms with Gasteiger partial charge in [0.2, 0.25) is 17.4 Å². The van der Waals surface area contributed by atoms with Gasteiger partial charge in [-0.15, -0.1) is 23.5 Å². The number of nitrogen functional groups attached to an aromatic ring is 1. The van der Waals surface area contributed by atoms with Crippen LogP contribution in [-0.4, -0.2) is 78.1 Å². The Morgan fingerprint density at radius 2 is 2.11 bits per heavy atom. The second kappa shape index (κ2) is 11.1. The number of amides is 3. The average Bonchev–Trinajstić information content (AvgIpc) is 3.30. The standard InChI is InChI=1S/C20H20N8O6S3/c1-35-8-34-25-11(15-24-20(22)37-26-15)16(30)23-12-17(31)28-13(19(32)33)10(7-36-18(12)28)6-27-4-2-9(3-5-27)14(21)29/h2-5,12,18H,6-8H2,1H3,(H5-,21,22,23,24,26,29,30,32,33)/p+1/t12?,18-/m0/s1. The van der Waals surface area contributed by atoms with Gasteiger partial charge in [-0.3, -0.25) is 19.3 Å². The molecule has 4 heterocycles. The number of fused-ring (bicyclic) bond motifs is 1. The Bertz CT molecular complexity index is 1310. The number of hydrogen-bond acceptors (Lipinski definition) is 12. The fourth-order valence-electron chi connectivity index (χ4n) is 3.62. The van der Waals surface area contributed by atoms with Gasteiger partial charge in [-0.1, -0.05) is 5.16 Å². The lowest BCUT2D eigenvalue weighted by molar-refractivity contribution is -0.689. The van der Waals surface area contributed by atoms with Crippen LogP contribution in [0.5, 0.6) is 0 Å². The number of aromatic nitrogens is 3. The Balaban J connectivity index is 1.51. The average molecular weight is 566 g/mol. The molecule has 0 aromatic carbocycles. The smallest absolute Gasteiger partial charge is 0.352 e. The number of carboxylic acids is 1. The lowest BCUT2D eigenvalue weighted by Crippen LogP contribution is -2.71. The van der Waals surface area contributed by atoms with E-state index in [4.69, 9.17) is 16.3 Å². The molecule has 4 rings (SSSR count). The number of carbonyl (C=O) groups excluding carboxylic acids is 3. The molecule has 1 unspecified atom stereocenters. The summed E-state index contributed by atoms with van der Waals surface area (Å²) in [6, 6.07) is 2.06. The van der Waals surface area contributed by atoms with Crippen molar-refractivity contribution in [2.24, 2.45) is 10.9 Å². The van der Waals surface area contributed by atoms with Crippen molar-refractivity contribution in [3.63, 3.8) is 0 Å². The van der Waals surface area contributed by atoms with Gasteiger partial charge in [-0.25, -0.2) is 9.36 Å². The Hall–Kier alpha value is -3.70. The highest BCUT2D eigenvalue weighted by atomic mass is 32.2. The summed E-state index contributed by atoms with van der Waals surface area (Å²) >= 11 is 3.52. The zero-order valence-electron chi connectivity index (χ0n) is 19.2. The first-order chi connectivity index (χ1) is 17.7. The first-order valence-corrected chi connectivity index (χ1v) is 13.7. The summed E-state index contributed by atoms with van der Waals surface area (Å²) in [5.74, 6) is -2.75. The number of nitrogens with two attached hydrogens (primary N) is 2. The molecule has 2 aromatic rings. The van der Waals surface area contributed by atoms with Crippen LogP contribution in [0.25, 0.3) is 0 Å². The highest BCUT2D eigenvalue weighted by molar-refractivity contribution is 8.00. The van der Waals surface area contributed by atoms with E-state index >= 15 is 0 Å². The third-order valence-electron chi connectivity index (χ3n) is 5.28. The number of anilines is 1. The molecule has 1 saturated heterocycles. The van der Waals surface area contributed by atoms with Gasteiger partial charge < -0.3 is 26.7 Å². The number of aliphatic carboxylic acids is 1. The molecule has 0 aliphatic carbocycles. The maximum Gasteiger partial charge on any atom is 0.352 e. The van der Waals surface area contributed by atoms with Crippen LogP contribution in [0, 0.1) is 0 Å². The molecule has 37 heavy (non-hydrogen) atoms. The van der Waals surface area contributed by atoms with Crippen molar-refractivity contribution in [3.8, 4) is 0 Å². The van der Waals surface area contributed by atoms with Crippen LogP contribution < -0.4 is 21.4 Å². The fraction of sp³-hybridized carbons (Fsp3) is 0.300. The largest absolute Gasteiger partial charge is 0.477 e. The first kappa shape index (κ1) is 26.4. The van der Waals surface area contributed by atoms with E-state index in [1.54, 1.807) is 23.2 Å². The van der Waals surface area contributed by atoms with E-state index in [1.807, 2.05) is 0 Å². The number of hydrogen-bond donors (Lipinski definition) is 4. The molecule has 3 amide bonds. The molecule has 2 atom stereocenters. The third-order valence-corrected chi connectivity index (χ3v) is 7.50. The van der Waals surface area contributed by atoms with Gasteiger partial charge in [-0.05, 0) is 6.26 Å². The number of carboxylic acid groups (broad SMARTS) is 1. The second-order valence-corrected chi connectivity index (χ2v) is 10.4. The predicted molar refractivity (Wildman–Crippen MR) is 135 cm³/mol. The summed E-state index contributed by atoms with van der Waals surface area (Å²) in [5.41, 5.74) is 11.3. The lowest BCUT2D eigenvalue weighted by Gasteiger charge is -2.49. The maximum absolute atomic E-state index is 13.0. The predicted octanol–water partition coefficient (Wildman–Crippen LogP) is -1.01. The number of primary amides is 1. The van der Waals surface area contributed by atoms with Gasteiger partial charge in [0.05, 0.1) is 5.56 Å². The Labute approximate surface area is 222 Å². The van der Waals surface area contributed by atoms with Crippen LogP contribution >= 0.6 is 35.1 Å². The minimum Gasteiger partial charge on any atom is -0.477 e. The molecule has 14 nitrogen and oxygen atoms in total. The minimum atomic E-state index is -1.26. The van der Waals surface area contributed by atoms with E-state index in [9.17, 15) is 24.3 Å². The molecule has 0 radical (unpaired) electrons. The second-order valence-electron chi connectivity index (χ2n) is 7.67. The molecule has 0 bridgehead atoms. The van der Waals surface area contributed by atoms with E-state index < -0.39 is 35.1 Å². The van der Waals surface area contributed by atoms with E-state index in [1.165, 1.54) is 35.7 Å². The van der Waals surface area contributed by atoms with Crippen LogP contribution in [0.4, 0.5) is 5.13 Å². The van der Waals surface area contributed by atoms with Crippen LogP contribution in [0.1, 0.15) is 16.2 Å². The summed E-state index contributed by atoms with van der Waals surface area (Å²) in [5, 5.41) is 15.8. The van der Waals surface area contributed by atoms with Crippen LogP contribution in [0.2, 0.25) is 0 Å². The zero-order valence-corrected chi connectivity index (χ0v) is 21.6. The first-order valence-electron chi connectivity index (χ1n) is 10.5. The molecule has 17 heteroatoms. The SMILES string of the molecule is CSCON=C(C(=O)NC1C(=O)N2C(C(=O)O)=C(C[n+]3ccc(C(N)=O)cc3)CS[C@@H]12)c1nsc(N)n1. The monoisotopic (exact) mass is 565 g/mol. The van der Waals surface area contributed by atoms with E-state index in [-0.39, 0.29) is 34.8 Å². The number of nitrogens with one attached hydrogen (secondary N) is 1. The highest BCUT2D eigenvalue weighted by Crippen LogP contribution is 2.40. The Morgan fingerprint density at radius 1 is 1.38 bits per heavy atom. The number of rotatable bonds is 10. The maximum atomic E-state index is 13.0. The van der Waals surface area contributed by atoms with Crippen molar-refractivity contribution in [2.75, 3.05) is 23.7 Å². The van der Waals surface area contributed by atoms with Gasteiger partial charge in [0, 0.05) is 35.0 Å². The van der Waals surface area contributed by atoms with Gasteiger partial charge in [0.1, 0.15) is 17.1 Å². The molecule has 2 aromatic heterocycles. The van der Waals surface area contributed by atoms with Gasteiger partial charge in [0.25, 0.3) is 11.8 Å². The fourth-order valence-corrected chi connectivity index (χ4v) is 5.55. The molecule has 2 aliphatic rings. The number of carbonyl (C=O) groups is 4. The Morgan fingerprint density at radius 3 is 2.70 bits per heavy atom. The number of pyridine rings is 1. The quantitative estimate of drug-likeness (QED) is 0.0685. The van der Waals surface area contributed by atoms with Gasteiger partial charge in [0.15, 0.2) is 30.0 Å². The van der Waals surface area contributed by atoms with E-state index in [0.29, 0.717) is 16.9 Å². The zero-order chi connectivity index (χ0) is 26.7. The van der Waals surface area contributed by atoms with Crippen LogP contribution in [0.3, 0.4) is 0 Å². The Kier molecular flexibility index (Phi) is 7.94. The van der Waals surface area contributed by atoms with Crippen molar-refractivity contribution in [2.45, 2.75) is 18.0 Å². The normalized spacial score (nSPS) is 19.2. The highest BCUT2D eigenvalue weighted by Gasteiger charge is 2.54. The van der Waals surface area contributed by atoms with Crippen molar-refractivity contribution >= 4 is 69.6 Å². The molecule has 194 valence electrons. The summed E-state index contributed by atoms with van der Waals surface area (Å²) in [6.07, 6.45) is 4.99. The van der Waals surface area contributed by atoms with Gasteiger partial charge >= 0.3 is 5.97 Å². The molecule has 0 saturated carbocycles. The summed E-state index contributed by atoms with van der Waals surface area (Å²) in [6.45, 7) is 0.182. The molecule has 2 aliphatic heterocycles. The number of oxime groups is 1. The molecule has 0 spiro atoms. The van der Waals surface area contributed by atoms with Crippen molar-refractivity contribution in [1.82, 2.24) is 19.6 Å². The third kappa shape index (κ3) is 5.52. The van der Waals surface area contributed by atoms with Crippen LogP contribution in [0.15, 0.2) is 41.0 Å². The summed E-state index contributed by atoms with van der Waals surface area (Å²) in [4.78, 5) is 59.6. The number of thioether (sulfide) groups is 2. The van der Waals surface area contributed by atoms with Gasteiger partial charge in [-0.2, -0.15) is 9.36 Å².